The topological polar surface area (TPSA) is 59.6 Å². The van der Waals surface area contributed by atoms with E-state index in [9.17, 15) is 22.4 Å². The van der Waals surface area contributed by atoms with E-state index in [2.05, 4.69) is 32.3 Å². The van der Waals surface area contributed by atoms with E-state index in [0.717, 1.165) is 43.8 Å². The van der Waals surface area contributed by atoms with Gasteiger partial charge in [0.1, 0.15) is 5.82 Å². The lowest BCUT2D eigenvalue weighted by atomic mass is 9.99. The van der Waals surface area contributed by atoms with Gasteiger partial charge in [-0.1, -0.05) is 18.7 Å². The first-order valence-electron chi connectivity index (χ1n) is 12.9. The average molecular weight is 542 g/mol. The number of alkyl halides is 3. The molecule has 0 spiro atoms. The van der Waals surface area contributed by atoms with Gasteiger partial charge in [0, 0.05) is 56.2 Å². The molecule has 5 rings (SSSR count). The molecule has 2 aromatic rings. The number of likely N-dealkylation sites (N-methyl/N-ethyl adjacent to an activating group) is 1. The minimum Gasteiger partial charge on any atom is -0.367 e. The molecule has 3 N–H and O–H groups in total. The highest BCUT2D eigenvalue weighted by Gasteiger charge is 2.39. The highest BCUT2D eigenvalue weighted by molar-refractivity contribution is 6.09. The predicted octanol–water partition coefficient (Wildman–Crippen LogP) is 4.92. The van der Waals surface area contributed by atoms with E-state index >= 15 is 0 Å². The van der Waals surface area contributed by atoms with Crippen LogP contribution >= 0.6 is 0 Å². The summed E-state index contributed by atoms with van der Waals surface area (Å²) in [5.41, 5.74) is 1.18. The Bertz CT molecular complexity index is 1340. The Morgan fingerprint density at radius 2 is 1.85 bits per heavy atom. The Morgan fingerprint density at radius 1 is 1.10 bits per heavy atom. The van der Waals surface area contributed by atoms with E-state index in [1.54, 1.807) is 30.3 Å². The van der Waals surface area contributed by atoms with Crippen molar-refractivity contribution >= 4 is 17.3 Å². The van der Waals surface area contributed by atoms with E-state index < -0.39 is 29.0 Å². The van der Waals surface area contributed by atoms with Crippen LogP contribution in [0.25, 0.3) is 11.1 Å². The third-order valence-electron chi connectivity index (χ3n) is 7.16. The Labute approximate surface area is 225 Å². The van der Waals surface area contributed by atoms with Crippen molar-refractivity contribution in [2.75, 3.05) is 43.4 Å². The van der Waals surface area contributed by atoms with Gasteiger partial charge >= 0.3 is 6.18 Å². The molecule has 3 aliphatic rings. The van der Waals surface area contributed by atoms with Gasteiger partial charge in [0.05, 0.1) is 22.5 Å². The molecule has 0 radical (unpaired) electrons. The van der Waals surface area contributed by atoms with Gasteiger partial charge in [-0.3, -0.25) is 4.79 Å². The number of benzene rings is 2. The Balaban J connectivity index is 1.48. The van der Waals surface area contributed by atoms with Crippen molar-refractivity contribution in [1.29, 1.82) is 0 Å². The maximum Gasteiger partial charge on any atom is 0.417 e. The number of nitrogens with zero attached hydrogens (tertiary/aromatic N) is 2. The Kier molecular flexibility index (Phi) is 7.51. The van der Waals surface area contributed by atoms with Crippen LogP contribution < -0.4 is 20.9 Å². The van der Waals surface area contributed by atoms with Gasteiger partial charge < -0.3 is 25.8 Å². The van der Waals surface area contributed by atoms with Gasteiger partial charge in [-0.2, -0.15) is 13.2 Å². The lowest BCUT2D eigenvalue weighted by Crippen LogP contribution is -2.44. The molecular weight excluding hydrogens is 510 g/mol. The van der Waals surface area contributed by atoms with Crippen molar-refractivity contribution in [3.8, 4) is 11.1 Å². The van der Waals surface area contributed by atoms with E-state index in [4.69, 9.17) is 0 Å². The second-order valence-electron chi connectivity index (χ2n) is 10.2. The summed E-state index contributed by atoms with van der Waals surface area (Å²) in [6.45, 7) is 7.05. The zero-order valence-electron chi connectivity index (χ0n) is 21.7. The van der Waals surface area contributed by atoms with E-state index in [1.165, 1.54) is 6.07 Å². The zero-order valence-corrected chi connectivity index (χ0v) is 21.7. The molecule has 206 valence electrons. The molecule has 2 heterocycles. The lowest BCUT2D eigenvalue weighted by Gasteiger charge is -2.35. The molecule has 2 fully saturated rings. The fourth-order valence-corrected chi connectivity index (χ4v) is 4.73. The second-order valence-corrected chi connectivity index (χ2v) is 10.2. The number of amides is 1. The van der Waals surface area contributed by atoms with Gasteiger partial charge in [-0.25, -0.2) is 4.39 Å². The highest BCUT2D eigenvalue weighted by atomic mass is 19.4. The number of hydrogen-bond acceptors (Lipinski definition) is 5. The van der Waals surface area contributed by atoms with Crippen molar-refractivity contribution in [2.24, 2.45) is 0 Å². The van der Waals surface area contributed by atoms with Crippen molar-refractivity contribution in [2.45, 2.75) is 31.6 Å². The third kappa shape index (κ3) is 6.34. The number of piperazine rings is 1. The molecular formula is C29H31F4N5O. The normalized spacial score (nSPS) is 18.4. The van der Waals surface area contributed by atoms with Crippen LogP contribution in [0.2, 0.25) is 0 Å². The van der Waals surface area contributed by atoms with Crippen LogP contribution in [0.15, 0.2) is 72.1 Å². The van der Waals surface area contributed by atoms with Crippen LogP contribution in [-0.2, 0) is 11.3 Å². The number of carbonyl (C=O) groups is 1. The first-order valence-corrected chi connectivity index (χ1v) is 12.9. The van der Waals surface area contributed by atoms with Crippen molar-refractivity contribution in [1.82, 2.24) is 15.5 Å². The molecule has 1 saturated carbocycles. The van der Waals surface area contributed by atoms with Gasteiger partial charge in [0.15, 0.2) is 0 Å². The summed E-state index contributed by atoms with van der Waals surface area (Å²) in [4.78, 5) is 17.5. The van der Waals surface area contributed by atoms with Crippen LogP contribution in [0, 0.1) is 5.82 Å². The maximum atomic E-state index is 15.0. The summed E-state index contributed by atoms with van der Waals surface area (Å²) in [6, 6.07) is 10.6. The van der Waals surface area contributed by atoms with Crippen LogP contribution in [0.3, 0.4) is 0 Å². The molecule has 0 bridgehead atoms. The maximum absolute atomic E-state index is 15.0. The summed E-state index contributed by atoms with van der Waals surface area (Å²) >= 11 is 0. The minimum atomic E-state index is -4.74. The first-order chi connectivity index (χ1) is 18.6. The average Bonchev–Trinajstić information content (AvgIpc) is 3.73. The quantitative estimate of drug-likeness (QED) is 0.435. The van der Waals surface area contributed by atoms with Crippen molar-refractivity contribution < 1.29 is 22.4 Å². The minimum absolute atomic E-state index is 0.0329. The summed E-state index contributed by atoms with van der Waals surface area (Å²) < 4.78 is 56.2. The summed E-state index contributed by atoms with van der Waals surface area (Å²) in [5.74, 6) is -1.34. The molecule has 10 heteroatoms. The van der Waals surface area contributed by atoms with Gasteiger partial charge in [0.25, 0.3) is 5.91 Å². The van der Waals surface area contributed by atoms with Crippen molar-refractivity contribution in [3.63, 3.8) is 0 Å². The number of carbonyl (C=O) groups excluding carboxylic acids is 1. The molecule has 2 aromatic carbocycles. The Hall–Kier alpha value is -3.63. The SMILES string of the molecule is C=C1C=C(C(F)(F)F)C(C(=O)Nc2cc(-c3cc(CNC4CC4)ccc3F)ccc2N2CCN(C)CC2)=CN1. The molecule has 0 unspecified atom stereocenters. The van der Waals surface area contributed by atoms with Crippen LogP contribution in [0.4, 0.5) is 28.9 Å². The van der Waals surface area contributed by atoms with Crippen molar-refractivity contribution in [3.05, 3.63) is 83.5 Å². The monoisotopic (exact) mass is 541 g/mol. The molecule has 1 saturated heterocycles. The number of rotatable bonds is 7. The van der Waals surface area contributed by atoms with Gasteiger partial charge in [0.2, 0.25) is 0 Å². The largest absolute Gasteiger partial charge is 0.417 e. The van der Waals surface area contributed by atoms with Crippen LogP contribution in [0.5, 0.6) is 0 Å². The molecule has 0 aromatic heterocycles. The number of halogens is 4. The summed E-state index contributed by atoms with van der Waals surface area (Å²) in [7, 11) is 2.01. The fraction of sp³-hybridized carbons (Fsp3) is 0.345. The van der Waals surface area contributed by atoms with Gasteiger partial charge in [-0.05, 0) is 61.4 Å². The van der Waals surface area contributed by atoms with Crippen LogP contribution in [-0.4, -0.2) is 56.3 Å². The van der Waals surface area contributed by atoms with E-state index in [-0.39, 0.29) is 5.70 Å². The Morgan fingerprint density at radius 3 is 2.54 bits per heavy atom. The molecule has 0 atom stereocenters. The number of nitrogens with one attached hydrogen (secondary N) is 3. The number of dihydropyridines is 1. The van der Waals surface area contributed by atoms with E-state index in [1.807, 2.05) is 7.05 Å². The predicted molar refractivity (Wildman–Crippen MR) is 145 cm³/mol. The van der Waals surface area contributed by atoms with Crippen LogP contribution in [0.1, 0.15) is 18.4 Å². The number of anilines is 2. The number of hydrogen-bond donors (Lipinski definition) is 3. The number of allylic oxidation sites excluding steroid dienone is 1. The smallest absolute Gasteiger partial charge is 0.367 e. The molecule has 1 amide bonds. The van der Waals surface area contributed by atoms with Gasteiger partial charge in [-0.15, -0.1) is 0 Å². The molecule has 6 nitrogen and oxygen atoms in total. The summed E-state index contributed by atoms with van der Waals surface area (Å²) in [6.07, 6.45) is -0.653. The molecule has 39 heavy (non-hydrogen) atoms. The van der Waals surface area contributed by atoms with E-state index in [0.29, 0.717) is 48.2 Å². The molecule has 1 aliphatic carbocycles. The standard InChI is InChI=1S/C29H31F4N5O/c1-18-13-24(29(31,32)33)23(17-34-18)28(39)36-26-15-20(4-8-27(26)38-11-9-37(2)10-12-38)22-14-19(3-7-25(22)30)16-35-21-5-6-21/h3-4,7-8,13-15,17,21,34-35H,1,5-6,9-12,16H2,2H3,(H,36,39). The zero-order chi connectivity index (χ0) is 27.7. The third-order valence-corrected chi connectivity index (χ3v) is 7.16. The lowest BCUT2D eigenvalue weighted by molar-refractivity contribution is -0.115. The second kappa shape index (κ2) is 10.9. The fourth-order valence-electron chi connectivity index (χ4n) is 4.73. The highest BCUT2D eigenvalue weighted by Crippen LogP contribution is 2.37. The first kappa shape index (κ1) is 27.0. The summed E-state index contributed by atoms with van der Waals surface area (Å²) in [5, 5.41) is 8.70. The molecule has 2 aliphatic heterocycles.